The molecule has 4 nitrogen and oxygen atoms in total. The van der Waals surface area contributed by atoms with Gasteiger partial charge in [-0.2, -0.15) is 5.26 Å². The molecule has 1 N–H and O–H groups in total. The monoisotopic (exact) mass is 166 g/mol. The number of nitriles is 1. The lowest BCUT2D eigenvalue weighted by Gasteiger charge is -2.32. The molecule has 2 bridgehead atoms. The van der Waals surface area contributed by atoms with Crippen molar-refractivity contribution >= 4 is 5.97 Å². The third-order valence-electron chi connectivity index (χ3n) is 2.96. The van der Waals surface area contributed by atoms with Crippen molar-refractivity contribution in [3.8, 4) is 6.07 Å². The van der Waals surface area contributed by atoms with Crippen LogP contribution in [0.3, 0.4) is 0 Å². The van der Waals surface area contributed by atoms with Gasteiger partial charge in [-0.25, -0.2) is 0 Å². The molecule has 0 amide bonds. The molecule has 12 heavy (non-hydrogen) atoms. The van der Waals surface area contributed by atoms with E-state index in [2.05, 4.69) is 6.07 Å². The molecule has 3 fully saturated rings. The molecule has 64 valence electrons. The summed E-state index contributed by atoms with van der Waals surface area (Å²) in [6.07, 6.45) is 0.971. The van der Waals surface area contributed by atoms with Crippen LogP contribution in [0.15, 0.2) is 0 Å². The van der Waals surface area contributed by atoms with E-state index in [4.69, 9.17) is 10.4 Å². The second-order valence-electron chi connectivity index (χ2n) is 3.51. The Morgan fingerprint density at radius 3 is 3.00 bits per heavy atom. The van der Waals surface area contributed by atoms with Gasteiger partial charge in [0.25, 0.3) is 0 Å². The van der Waals surface area contributed by atoms with Crippen molar-refractivity contribution in [2.75, 3.05) is 13.1 Å². The number of nitrogens with zero attached hydrogens (tertiary/aromatic N) is 2. The Bertz CT molecular complexity index is 258. The average molecular weight is 166 g/mol. The Morgan fingerprint density at radius 1 is 1.75 bits per heavy atom. The highest BCUT2D eigenvalue weighted by molar-refractivity contribution is 5.73. The molecule has 3 atom stereocenters. The predicted molar refractivity (Wildman–Crippen MR) is 40.2 cm³/mol. The van der Waals surface area contributed by atoms with E-state index in [0.29, 0.717) is 12.5 Å². The molecular weight excluding hydrogens is 156 g/mol. The van der Waals surface area contributed by atoms with E-state index in [1.807, 2.05) is 4.90 Å². The average Bonchev–Trinajstić information content (AvgIpc) is 2.42. The van der Waals surface area contributed by atoms with Crippen LogP contribution in [-0.2, 0) is 4.79 Å². The first-order valence-electron chi connectivity index (χ1n) is 4.08. The summed E-state index contributed by atoms with van der Waals surface area (Å²) >= 11 is 0. The number of carboxylic acid groups (broad SMARTS) is 1. The zero-order valence-corrected chi connectivity index (χ0v) is 6.60. The molecule has 3 aliphatic rings. The first-order chi connectivity index (χ1) is 5.74. The Morgan fingerprint density at radius 2 is 2.50 bits per heavy atom. The van der Waals surface area contributed by atoms with Crippen molar-refractivity contribution in [3.05, 3.63) is 0 Å². The van der Waals surface area contributed by atoms with Crippen molar-refractivity contribution in [2.45, 2.75) is 12.5 Å². The van der Waals surface area contributed by atoms with Crippen LogP contribution in [0.1, 0.15) is 6.42 Å². The smallest absolute Gasteiger partial charge is 0.308 e. The first kappa shape index (κ1) is 7.56. The van der Waals surface area contributed by atoms with E-state index in [-0.39, 0.29) is 12.0 Å². The lowest BCUT2D eigenvalue weighted by atomic mass is 9.74. The lowest BCUT2D eigenvalue weighted by molar-refractivity contribution is -0.147. The zero-order chi connectivity index (χ0) is 8.72. The summed E-state index contributed by atoms with van der Waals surface area (Å²) in [5.74, 6) is -0.587. The largest absolute Gasteiger partial charge is 0.481 e. The SMILES string of the molecule is N#CCN1CC2CC1C2C(=O)O. The number of hydrogen-bond acceptors (Lipinski definition) is 3. The maximum Gasteiger partial charge on any atom is 0.308 e. The highest BCUT2D eigenvalue weighted by Crippen LogP contribution is 2.45. The van der Waals surface area contributed by atoms with Gasteiger partial charge in [0.15, 0.2) is 0 Å². The molecule has 4 heteroatoms. The minimum Gasteiger partial charge on any atom is -0.481 e. The fourth-order valence-electron chi connectivity index (χ4n) is 2.36. The van der Waals surface area contributed by atoms with Gasteiger partial charge in [0.05, 0.1) is 18.5 Å². The fraction of sp³-hybridized carbons (Fsp3) is 0.750. The van der Waals surface area contributed by atoms with Gasteiger partial charge in [-0.05, 0) is 12.3 Å². The molecule has 0 aromatic rings. The van der Waals surface area contributed by atoms with Crippen LogP contribution in [-0.4, -0.2) is 35.1 Å². The van der Waals surface area contributed by atoms with Crippen LogP contribution in [0.4, 0.5) is 0 Å². The summed E-state index contributed by atoms with van der Waals surface area (Å²) < 4.78 is 0. The standard InChI is InChI=1S/C8H10N2O2/c9-1-2-10-4-5-3-6(10)7(5)8(11)12/h5-7H,2-4H2,(H,11,12). The quantitative estimate of drug-likeness (QED) is 0.582. The van der Waals surface area contributed by atoms with Crippen molar-refractivity contribution in [1.29, 1.82) is 5.26 Å². The van der Waals surface area contributed by atoms with E-state index in [1.165, 1.54) is 0 Å². The van der Waals surface area contributed by atoms with Crippen molar-refractivity contribution < 1.29 is 9.90 Å². The molecule has 0 aromatic heterocycles. The summed E-state index contributed by atoms with van der Waals surface area (Å²) in [7, 11) is 0. The Kier molecular flexibility index (Phi) is 1.55. The summed E-state index contributed by atoms with van der Waals surface area (Å²) in [6, 6.07) is 2.20. The van der Waals surface area contributed by atoms with Gasteiger partial charge in [0, 0.05) is 12.6 Å². The number of carbonyl (C=O) groups is 1. The molecule has 0 spiro atoms. The van der Waals surface area contributed by atoms with Crippen LogP contribution in [0.5, 0.6) is 0 Å². The normalized spacial score (nSPS) is 38.8. The van der Waals surface area contributed by atoms with Crippen molar-refractivity contribution in [1.82, 2.24) is 4.90 Å². The summed E-state index contributed by atoms with van der Waals surface area (Å²) in [5, 5.41) is 17.2. The van der Waals surface area contributed by atoms with Gasteiger partial charge < -0.3 is 5.11 Å². The predicted octanol–water partition coefficient (Wildman–Crippen LogP) is -0.0851. The van der Waals surface area contributed by atoms with Crippen LogP contribution in [0, 0.1) is 23.2 Å². The van der Waals surface area contributed by atoms with E-state index < -0.39 is 5.97 Å². The number of aliphatic carboxylic acids is 1. The van der Waals surface area contributed by atoms with Gasteiger partial charge in [-0.3, -0.25) is 9.69 Å². The maximum atomic E-state index is 10.7. The van der Waals surface area contributed by atoms with Gasteiger partial charge in [-0.15, -0.1) is 0 Å². The highest BCUT2D eigenvalue weighted by Gasteiger charge is 2.55. The van der Waals surface area contributed by atoms with Gasteiger partial charge in [-0.1, -0.05) is 0 Å². The van der Waals surface area contributed by atoms with E-state index in [1.54, 1.807) is 0 Å². The Balaban J connectivity index is 2.03. The number of hydrogen-bond donors (Lipinski definition) is 1. The maximum absolute atomic E-state index is 10.7. The minimum atomic E-state index is -0.698. The molecule has 0 radical (unpaired) electrons. The Labute approximate surface area is 70.4 Å². The van der Waals surface area contributed by atoms with E-state index in [9.17, 15) is 4.79 Å². The molecular formula is C8H10N2O2. The second kappa shape index (κ2) is 2.46. The van der Waals surface area contributed by atoms with Crippen molar-refractivity contribution in [3.63, 3.8) is 0 Å². The third kappa shape index (κ3) is 0.833. The second-order valence-corrected chi connectivity index (χ2v) is 3.51. The third-order valence-corrected chi connectivity index (χ3v) is 2.96. The minimum absolute atomic E-state index is 0.146. The summed E-state index contributed by atoms with van der Waals surface area (Å²) in [4.78, 5) is 12.7. The van der Waals surface area contributed by atoms with Gasteiger partial charge in [0.2, 0.25) is 0 Å². The molecule has 2 saturated heterocycles. The van der Waals surface area contributed by atoms with Crippen LogP contribution in [0.2, 0.25) is 0 Å². The molecule has 3 unspecified atom stereocenters. The highest BCUT2D eigenvalue weighted by atomic mass is 16.4. The van der Waals surface area contributed by atoms with Crippen molar-refractivity contribution in [2.24, 2.45) is 11.8 Å². The molecule has 3 rings (SSSR count). The molecule has 1 saturated carbocycles. The van der Waals surface area contributed by atoms with Crippen LogP contribution in [0.25, 0.3) is 0 Å². The summed E-state index contributed by atoms with van der Waals surface area (Å²) in [6.45, 7) is 1.18. The molecule has 0 aromatic carbocycles. The van der Waals surface area contributed by atoms with Crippen LogP contribution < -0.4 is 0 Å². The lowest BCUT2D eigenvalue weighted by Crippen LogP contribution is -2.43. The van der Waals surface area contributed by atoms with Gasteiger partial charge >= 0.3 is 5.97 Å². The number of rotatable bonds is 2. The topological polar surface area (TPSA) is 64.3 Å². The van der Waals surface area contributed by atoms with Gasteiger partial charge in [0.1, 0.15) is 0 Å². The zero-order valence-electron chi connectivity index (χ0n) is 6.60. The number of carboxylic acids is 1. The fourth-order valence-corrected chi connectivity index (χ4v) is 2.36. The molecule has 2 aliphatic heterocycles. The van der Waals surface area contributed by atoms with Crippen LogP contribution >= 0.6 is 0 Å². The van der Waals surface area contributed by atoms with E-state index >= 15 is 0 Å². The Hall–Kier alpha value is -1.08. The van der Waals surface area contributed by atoms with E-state index in [0.717, 1.165) is 13.0 Å². The summed E-state index contributed by atoms with van der Waals surface area (Å²) in [5.41, 5.74) is 0. The first-order valence-corrected chi connectivity index (χ1v) is 4.08. The number of fused-ring (bicyclic) bond motifs is 1. The molecule has 1 aliphatic carbocycles. The molecule has 2 heterocycles.